The Morgan fingerprint density at radius 2 is 1.71 bits per heavy atom. The van der Waals surface area contributed by atoms with Gasteiger partial charge in [-0.25, -0.2) is 4.79 Å². The number of benzene rings is 2. The second kappa shape index (κ2) is 10.8. The number of hydrogen-bond acceptors (Lipinski definition) is 5. The Hall–Kier alpha value is -3.30. The van der Waals surface area contributed by atoms with Gasteiger partial charge in [0, 0.05) is 30.5 Å². The van der Waals surface area contributed by atoms with Gasteiger partial charge in [0.2, 0.25) is 0 Å². The molecule has 0 bridgehead atoms. The zero-order chi connectivity index (χ0) is 29.6. The summed E-state index contributed by atoms with van der Waals surface area (Å²) in [7, 11) is -0.447. The average Bonchev–Trinajstić information content (AvgIpc) is 3.43. The molecule has 0 unspecified atom stereocenters. The van der Waals surface area contributed by atoms with Crippen molar-refractivity contribution in [1.29, 1.82) is 0 Å². The molecular formula is C32H42BN3O5. The lowest BCUT2D eigenvalue weighted by Crippen LogP contribution is -2.41. The number of alkyl carbamates (subject to hydrolysis) is 1. The van der Waals surface area contributed by atoms with Crippen LogP contribution >= 0.6 is 0 Å². The highest BCUT2D eigenvalue weighted by molar-refractivity contribution is 6.62. The van der Waals surface area contributed by atoms with Crippen molar-refractivity contribution in [2.24, 2.45) is 0 Å². The Morgan fingerprint density at radius 3 is 2.37 bits per heavy atom. The van der Waals surface area contributed by atoms with Crippen molar-refractivity contribution < 1.29 is 23.6 Å². The zero-order valence-corrected chi connectivity index (χ0v) is 25.3. The quantitative estimate of drug-likeness (QED) is 0.402. The molecular weight excluding hydrogens is 517 g/mol. The van der Waals surface area contributed by atoms with Crippen molar-refractivity contribution in [3.05, 3.63) is 65.4 Å². The van der Waals surface area contributed by atoms with Gasteiger partial charge in [-0.15, -0.1) is 0 Å². The second-order valence-electron chi connectivity index (χ2n) is 13.3. The van der Waals surface area contributed by atoms with Gasteiger partial charge in [0.25, 0.3) is 5.91 Å². The molecule has 2 amide bonds. The topological polar surface area (TPSA) is 92.9 Å². The molecule has 218 valence electrons. The van der Waals surface area contributed by atoms with Gasteiger partial charge in [-0.05, 0) is 95.9 Å². The fraction of sp³-hybridized carbons (Fsp3) is 0.500. The fourth-order valence-electron chi connectivity index (χ4n) is 5.42. The third-order valence-corrected chi connectivity index (χ3v) is 8.44. The first kappa shape index (κ1) is 29.2. The van der Waals surface area contributed by atoms with Crippen LogP contribution in [0.25, 0.3) is 10.9 Å². The lowest BCUT2D eigenvalue weighted by molar-refractivity contribution is 0.00578. The van der Waals surface area contributed by atoms with Crippen LogP contribution in [0.2, 0.25) is 0 Å². The number of fused-ring (bicyclic) bond motifs is 1. The number of rotatable bonds is 5. The number of aromatic nitrogens is 1. The van der Waals surface area contributed by atoms with Crippen LogP contribution in [0, 0.1) is 0 Å². The summed E-state index contributed by atoms with van der Waals surface area (Å²) in [5, 5.41) is 3.82. The molecule has 3 heterocycles. The Kier molecular flexibility index (Phi) is 7.72. The van der Waals surface area contributed by atoms with Crippen LogP contribution < -0.4 is 10.8 Å². The number of amides is 2. The molecule has 0 atom stereocenters. The largest absolute Gasteiger partial charge is 0.494 e. The number of nitrogens with one attached hydrogen (secondary N) is 2. The van der Waals surface area contributed by atoms with Crippen LogP contribution in [-0.4, -0.2) is 58.9 Å². The number of carbonyl (C=O) groups is 2. The van der Waals surface area contributed by atoms with Gasteiger partial charge in [-0.2, -0.15) is 0 Å². The highest BCUT2D eigenvalue weighted by Gasteiger charge is 2.51. The van der Waals surface area contributed by atoms with Crippen LogP contribution in [0.4, 0.5) is 4.79 Å². The minimum Gasteiger partial charge on any atom is -0.444 e. The zero-order valence-electron chi connectivity index (χ0n) is 25.3. The first-order chi connectivity index (χ1) is 19.2. The van der Waals surface area contributed by atoms with E-state index in [1.54, 1.807) is 0 Å². The van der Waals surface area contributed by atoms with Crippen LogP contribution in [-0.2, 0) is 20.6 Å². The number of ether oxygens (including phenoxy) is 1. The van der Waals surface area contributed by atoms with Crippen LogP contribution in [0.1, 0.15) is 88.8 Å². The predicted octanol–water partition coefficient (Wildman–Crippen LogP) is 5.51. The van der Waals surface area contributed by atoms with Gasteiger partial charge in [-0.3, -0.25) is 4.79 Å². The third kappa shape index (κ3) is 6.46. The van der Waals surface area contributed by atoms with Gasteiger partial charge in [0.1, 0.15) is 11.3 Å². The molecule has 2 N–H and O–H groups in total. The molecule has 2 fully saturated rings. The maximum atomic E-state index is 13.4. The summed E-state index contributed by atoms with van der Waals surface area (Å²) in [5.74, 6) is 0.387. The Balaban J connectivity index is 1.19. The standard InChI is InChI=1S/C32H42BN3O5/c1-30(2,3)39-29(38)34-20-21-9-8-10-23(17-21)22-13-15-36(16-14-22)28(37)27-18-24-11-12-25(19-26(24)35-27)33-40-31(4,5)32(6,7)41-33/h8-12,17-19,22,35H,13-16,20H2,1-7H3,(H,34,38). The lowest BCUT2D eigenvalue weighted by atomic mass is 9.79. The van der Waals surface area contributed by atoms with E-state index in [1.807, 2.05) is 89.8 Å². The molecule has 9 heteroatoms. The average molecular weight is 560 g/mol. The van der Waals surface area contributed by atoms with Crippen LogP contribution in [0.15, 0.2) is 48.5 Å². The molecule has 2 aliphatic heterocycles. The normalized spacial score (nSPS) is 19.0. The summed E-state index contributed by atoms with van der Waals surface area (Å²) >= 11 is 0. The number of carbonyl (C=O) groups excluding carboxylic acids is 2. The first-order valence-electron chi connectivity index (χ1n) is 14.5. The van der Waals surface area contributed by atoms with E-state index in [0.717, 1.165) is 34.8 Å². The van der Waals surface area contributed by atoms with Gasteiger partial charge in [-0.1, -0.05) is 36.4 Å². The highest BCUT2D eigenvalue weighted by Crippen LogP contribution is 2.36. The summed E-state index contributed by atoms with van der Waals surface area (Å²) < 4.78 is 17.8. The van der Waals surface area contributed by atoms with Crippen molar-refractivity contribution in [2.75, 3.05) is 13.1 Å². The van der Waals surface area contributed by atoms with Crippen molar-refractivity contribution in [2.45, 2.75) is 90.6 Å². The van der Waals surface area contributed by atoms with E-state index in [-0.39, 0.29) is 5.91 Å². The molecule has 3 aromatic rings. The maximum absolute atomic E-state index is 13.4. The number of H-pyrrole nitrogens is 1. The molecule has 5 rings (SSSR count). The van der Waals surface area contributed by atoms with Crippen LogP contribution in [0.3, 0.4) is 0 Å². The van der Waals surface area contributed by atoms with Crippen molar-refractivity contribution in [3.8, 4) is 0 Å². The van der Waals surface area contributed by atoms with Gasteiger partial charge in [0.05, 0.1) is 11.2 Å². The van der Waals surface area contributed by atoms with E-state index in [0.29, 0.717) is 31.2 Å². The van der Waals surface area contributed by atoms with Crippen LogP contribution in [0.5, 0.6) is 0 Å². The monoisotopic (exact) mass is 559 g/mol. The SMILES string of the molecule is CC(C)(C)OC(=O)NCc1cccc(C2CCN(C(=O)c3cc4ccc(B5OC(C)(C)C(C)(C)O5)cc4[nH]3)CC2)c1. The van der Waals surface area contributed by atoms with Crippen molar-refractivity contribution >= 4 is 35.5 Å². The summed E-state index contributed by atoms with van der Waals surface area (Å²) in [6.07, 6.45) is 1.36. The van der Waals surface area contributed by atoms with E-state index >= 15 is 0 Å². The minimum absolute atomic E-state index is 0.0205. The summed E-state index contributed by atoms with van der Waals surface area (Å²) in [4.78, 5) is 30.7. The van der Waals surface area contributed by atoms with Gasteiger partial charge >= 0.3 is 13.2 Å². The highest BCUT2D eigenvalue weighted by atomic mass is 16.7. The fourth-order valence-corrected chi connectivity index (χ4v) is 5.42. The summed E-state index contributed by atoms with van der Waals surface area (Å²) in [5.41, 5.74) is 3.35. The molecule has 2 saturated heterocycles. The van der Waals surface area contributed by atoms with E-state index in [1.165, 1.54) is 5.56 Å². The first-order valence-corrected chi connectivity index (χ1v) is 14.5. The molecule has 0 aliphatic carbocycles. The second-order valence-corrected chi connectivity index (χ2v) is 13.3. The summed E-state index contributed by atoms with van der Waals surface area (Å²) in [6, 6.07) is 16.3. The predicted molar refractivity (Wildman–Crippen MR) is 161 cm³/mol. The summed E-state index contributed by atoms with van der Waals surface area (Å²) in [6.45, 7) is 15.5. The Labute approximate surface area is 243 Å². The number of likely N-dealkylation sites (tertiary alicyclic amines) is 1. The van der Waals surface area contributed by atoms with E-state index in [4.69, 9.17) is 14.0 Å². The minimum atomic E-state index is -0.526. The molecule has 2 aliphatic rings. The molecule has 0 saturated carbocycles. The van der Waals surface area contributed by atoms with Gasteiger partial charge < -0.3 is 29.2 Å². The number of aromatic amines is 1. The smallest absolute Gasteiger partial charge is 0.444 e. The number of nitrogens with zero attached hydrogens (tertiary/aromatic N) is 1. The molecule has 0 radical (unpaired) electrons. The third-order valence-electron chi connectivity index (χ3n) is 8.44. The lowest BCUT2D eigenvalue weighted by Gasteiger charge is -2.32. The molecule has 0 spiro atoms. The van der Waals surface area contributed by atoms with E-state index < -0.39 is 30.0 Å². The molecule has 41 heavy (non-hydrogen) atoms. The number of piperidine rings is 1. The van der Waals surface area contributed by atoms with Crippen molar-refractivity contribution in [3.63, 3.8) is 0 Å². The van der Waals surface area contributed by atoms with E-state index in [9.17, 15) is 9.59 Å². The van der Waals surface area contributed by atoms with E-state index in [2.05, 4.69) is 22.4 Å². The molecule has 8 nitrogen and oxygen atoms in total. The Morgan fingerprint density at radius 1 is 1.02 bits per heavy atom. The Bertz CT molecular complexity index is 1420. The van der Waals surface area contributed by atoms with Gasteiger partial charge in [0.15, 0.2) is 0 Å². The molecule has 1 aromatic heterocycles. The number of hydrogen-bond donors (Lipinski definition) is 2. The molecule has 2 aromatic carbocycles. The maximum Gasteiger partial charge on any atom is 0.494 e. The van der Waals surface area contributed by atoms with Crippen molar-refractivity contribution in [1.82, 2.24) is 15.2 Å².